The molecule has 0 bridgehead atoms. The molecular weight excluding hydrogens is 264 g/mol. The number of carbonyl (C=O) groups excluding carboxylic acids is 1. The van der Waals surface area contributed by atoms with E-state index in [-0.39, 0.29) is 11.6 Å². The predicted octanol–water partition coefficient (Wildman–Crippen LogP) is 2.70. The van der Waals surface area contributed by atoms with Crippen LogP contribution in [0.25, 0.3) is 0 Å². The number of hydrogen-bond acceptors (Lipinski definition) is 4. The fraction of sp³-hybridized carbons (Fsp3) is 0.385. The predicted molar refractivity (Wildman–Crippen MR) is 78.6 cm³/mol. The fourth-order valence-corrected chi connectivity index (χ4v) is 1.27. The molecule has 0 aliphatic carbocycles. The lowest BCUT2D eigenvalue weighted by molar-refractivity contribution is 0.0636. The second-order valence-electron chi connectivity index (χ2n) is 4.91. The molecule has 1 aromatic carbocycles. The van der Waals surface area contributed by atoms with E-state index in [2.05, 4.69) is 5.32 Å². The molecule has 0 saturated carbocycles. The summed E-state index contributed by atoms with van der Waals surface area (Å²) in [6, 6.07) is 6.84. The van der Waals surface area contributed by atoms with Crippen LogP contribution in [0.1, 0.15) is 20.8 Å². The summed E-state index contributed by atoms with van der Waals surface area (Å²) in [6.07, 6.45) is -0.496. The number of benzene rings is 1. The zero-order valence-corrected chi connectivity index (χ0v) is 12.0. The van der Waals surface area contributed by atoms with Gasteiger partial charge in [-0.05, 0) is 45.0 Å². The largest absolute Gasteiger partial charge is 0.487 e. The Balaban J connectivity index is 2.52. The molecule has 1 aromatic rings. The number of ether oxygens (including phenoxy) is 2. The van der Waals surface area contributed by atoms with Crippen molar-refractivity contribution in [2.24, 2.45) is 5.73 Å². The molecular formula is C13H18N2O3S. The summed E-state index contributed by atoms with van der Waals surface area (Å²) in [5.41, 5.74) is 5.43. The Labute approximate surface area is 118 Å². The van der Waals surface area contributed by atoms with Crippen LogP contribution in [0, 0.1) is 0 Å². The van der Waals surface area contributed by atoms with Crippen molar-refractivity contribution in [3.8, 4) is 5.75 Å². The van der Waals surface area contributed by atoms with Gasteiger partial charge in [0.1, 0.15) is 22.9 Å². The number of rotatable bonds is 4. The first-order valence-electron chi connectivity index (χ1n) is 5.77. The molecule has 1 rings (SSSR count). The molecule has 0 atom stereocenters. The molecule has 104 valence electrons. The van der Waals surface area contributed by atoms with E-state index in [1.165, 1.54) is 0 Å². The molecule has 0 aliphatic heterocycles. The summed E-state index contributed by atoms with van der Waals surface area (Å²) >= 11 is 4.71. The lowest BCUT2D eigenvalue weighted by Gasteiger charge is -2.19. The molecule has 0 unspecified atom stereocenters. The minimum Gasteiger partial charge on any atom is -0.487 e. The van der Waals surface area contributed by atoms with Gasteiger partial charge in [-0.3, -0.25) is 5.32 Å². The van der Waals surface area contributed by atoms with E-state index in [4.69, 9.17) is 27.4 Å². The van der Waals surface area contributed by atoms with E-state index in [9.17, 15) is 4.79 Å². The fourth-order valence-electron chi connectivity index (χ4n) is 1.21. The van der Waals surface area contributed by atoms with Crippen molar-refractivity contribution < 1.29 is 14.3 Å². The van der Waals surface area contributed by atoms with Crippen LogP contribution in [-0.2, 0) is 4.74 Å². The first-order valence-corrected chi connectivity index (χ1v) is 6.18. The average molecular weight is 282 g/mol. The summed E-state index contributed by atoms with van der Waals surface area (Å²) in [7, 11) is 0. The van der Waals surface area contributed by atoms with E-state index in [1.54, 1.807) is 45.0 Å². The number of hydrogen-bond donors (Lipinski definition) is 2. The Morgan fingerprint density at radius 2 is 1.89 bits per heavy atom. The van der Waals surface area contributed by atoms with Gasteiger partial charge >= 0.3 is 6.09 Å². The molecule has 3 N–H and O–H groups in total. The van der Waals surface area contributed by atoms with E-state index < -0.39 is 11.7 Å². The van der Waals surface area contributed by atoms with Gasteiger partial charge in [0.05, 0.1) is 0 Å². The number of anilines is 1. The maximum atomic E-state index is 11.5. The molecule has 19 heavy (non-hydrogen) atoms. The zero-order valence-electron chi connectivity index (χ0n) is 11.2. The summed E-state index contributed by atoms with van der Waals surface area (Å²) in [5, 5.41) is 2.62. The lowest BCUT2D eigenvalue weighted by atomic mass is 10.2. The standard InChI is InChI=1S/C13H18N2O3S/c1-13(2,3)18-12(16)15-9-4-6-10(7-5-9)17-8-11(14)19/h4-7H,8H2,1-3H3,(H2,14,19)(H,15,16). The normalized spacial score (nSPS) is 10.7. The second-order valence-corrected chi connectivity index (χ2v) is 5.43. The van der Waals surface area contributed by atoms with Crippen LogP contribution < -0.4 is 15.8 Å². The molecule has 5 nitrogen and oxygen atoms in total. The monoisotopic (exact) mass is 282 g/mol. The summed E-state index contributed by atoms with van der Waals surface area (Å²) in [5.74, 6) is 0.627. The lowest BCUT2D eigenvalue weighted by Crippen LogP contribution is -2.27. The minimum atomic E-state index is -0.524. The minimum absolute atomic E-state index is 0.189. The highest BCUT2D eigenvalue weighted by Gasteiger charge is 2.16. The van der Waals surface area contributed by atoms with Gasteiger partial charge in [-0.2, -0.15) is 0 Å². The number of nitrogens with two attached hydrogens (primary N) is 1. The van der Waals surface area contributed by atoms with Gasteiger partial charge in [-0.25, -0.2) is 4.79 Å². The van der Waals surface area contributed by atoms with Gasteiger partial charge in [-0.1, -0.05) is 12.2 Å². The van der Waals surface area contributed by atoms with Crippen molar-refractivity contribution in [1.82, 2.24) is 0 Å². The van der Waals surface area contributed by atoms with Crippen LogP contribution >= 0.6 is 12.2 Å². The zero-order chi connectivity index (χ0) is 14.5. The Kier molecular flexibility index (Phi) is 5.11. The Hall–Kier alpha value is -1.82. The van der Waals surface area contributed by atoms with Crippen molar-refractivity contribution >= 4 is 29.0 Å². The SMILES string of the molecule is CC(C)(C)OC(=O)Nc1ccc(OCC(N)=S)cc1. The van der Waals surface area contributed by atoms with E-state index in [1.807, 2.05) is 0 Å². The molecule has 0 saturated heterocycles. The van der Waals surface area contributed by atoms with E-state index >= 15 is 0 Å². The highest BCUT2D eigenvalue weighted by molar-refractivity contribution is 7.80. The van der Waals surface area contributed by atoms with Gasteiger partial charge in [0.25, 0.3) is 0 Å². The van der Waals surface area contributed by atoms with Gasteiger partial charge in [0.2, 0.25) is 0 Å². The number of thiocarbonyl (C=S) groups is 1. The van der Waals surface area contributed by atoms with E-state index in [0.29, 0.717) is 11.4 Å². The number of carbonyl (C=O) groups is 1. The van der Waals surface area contributed by atoms with Crippen molar-refractivity contribution in [1.29, 1.82) is 0 Å². The van der Waals surface area contributed by atoms with E-state index in [0.717, 1.165) is 0 Å². The quantitative estimate of drug-likeness (QED) is 0.831. The third-order valence-corrected chi connectivity index (χ3v) is 2.00. The van der Waals surface area contributed by atoms with Crippen LogP contribution in [-0.4, -0.2) is 23.3 Å². The average Bonchev–Trinajstić information content (AvgIpc) is 2.25. The van der Waals surface area contributed by atoms with Crippen LogP contribution in [0.15, 0.2) is 24.3 Å². The molecule has 0 radical (unpaired) electrons. The van der Waals surface area contributed by atoms with Crippen molar-refractivity contribution in [3.63, 3.8) is 0 Å². The third kappa shape index (κ3) is 6.61. The molecule has 0 aromatic heterocycles. The smallest absolute Gasteiger partial charge is 0.412 e. The molecule has 0 heterocycles. The topological polar surface area (TPSA) is 73.6 Å². The Morgan fingerprint density at radius 3 is 2.37 bits per heavy atom. The van der Waals surface area contributed by atoms with Gasteiger partial charge in [0.15, 0.2) is 0 Å². The first-order chi connectivity index (χ1) is 8.76. The van der Waals surface area contributed by atoms with Gasteiger partial charge in [-0.15, -0.1) is 0 Å². The number of nitrogens with one attached hydrogen (secondary N) is 1. The van der Waals surface area contributed by atoms with Crippen LogP contribution in [0.2, 0.25) is 0 Å². The maximum absolute atomic E-state index is 11.5. The highest BCUT2D eigenvalue weighted by Crippen LogP contribution is 2.16. The van der Waals surface area contributed by atoms with Crippen molar-refractivity contribution in [2.75, 3.05) is 11.9 Å². The molecule has 1 amide bonds. The van der Waals surface area contributed by atoms with Gasteiger partial charge in [0, 0.05) is 5.69 Å². The number of amides is 1. The first kappa shape index (κ1) is 15.2. The summed E-state index contributed by atoms with van der Waals surface area (Å²) in [6.45, 7) is 5.60. The molecule has 0 fully saturated rings. The Morgan fingerprint density at radius 1 is 1.32 bits per heavy atom. The summed E-state index contributed by atoms with van der Waals surface area (Å²) in [4.78, 5) is 11.8. The molecule has 0 aliphatic rings. The second kappa shape index (κ2) is 6.38. The van der Waals surface area contributed by atoms with Crippen molar-refractivity contribution in [2.45, 2.75) is 26.4 Å². The van der Waals surface area contributed by atoms with Crippen molar-refractivity contribution in [3.05, 3.63) is 24.3 Å². The highest BCUT2D eigenvalue weighted by atomic mass is 32.1. The van der Waals surface area contributed by atoms with Crippen LogP contribution in [0.5, 0.6) is 5.75 Å². The van der Waals surface area contributed by atoms with Gasteiger partial charge < -0.3 is 15.2 Å². The van der Waals surface area contributed by atoms with Crippen LogP contribution in [0.3, 0.4) is 0 Å². The third-order valence-electron chi connectivity index (χ3n) is 1.88. The molecule has 6 heteroatoms. The maximum Gasteiger partial charge on any atom is 0.412 e. The molecule has 0 spiro atoms. The Bertz CT molecular complexity index is 452. The summed E-state index contributed by atoms with van der Waals surface area (Å²) < 4.78 is 10.4. The van der Waals surface area contributed by atoms with Crippen LogP contribution in [0.4, 0.5) is 10.5 Å².